The Bertz CT molecular complexity index is 570. The SMILES string of the molecule is Cc1cnc(CSc2ccccc2F)c(C)c1N. The van der Waals surface area contributed by atoms with Gasteiger partial charge in [0.15, 0.2) is 0 Å². The van der Waals surface area contributed by atoms with Crippen LogP contribution >= 0.6 is 11.8 Å². The van der Waals surface area contributed by atoms with Crippen LogP contribution in [-0.2, 0) is 5.75 Å². The smallest absolute Gasteiger partial charge is 0.136 e. The molecule has 94 valence electrons. The van der Waals surface area contributed by atoms with Crippen molar-refractivity contribution >= 4 is 17.4 Å². The Labute approximate surface area is 110 Å². The monoisotopic (exact) mass is 262 g/mol. The van der Waals surface area contributed by atoms with Crippen molar-refractivity contribution in [1.29, 1.82) is 0 Å². The average Bonchev–Trinajstić information content (AvgIpc) is 2.37. The first-order chi connectivity index (χ1) is 8.59. The summed E-state index contributed by atoms with van der Waals surface area (Å²) in [7, 11) is 0. The Morgan fingerprint density at radius 2 is 2.00 bits per heavy atom. The number of hydrogen-bond donors (Lipinski definition) is 1. The Balaban J connectivity index is 2.17. The number of anilines is 1. The summed E-state index contributed by atoms with van der Waals surface area (Å²) >= 11 is 1.44. The number of hydrogen-bond acceptors (Lipinski definition) is 3. The molecule has 1 heterocycles. The van der Waals surface area contributed by atoms with Gasteiger partial charge in [0, 0.05) is 22.5 Å². The van der Waals surface area contributed by atoms with Gasteiger partial charge in [-0.05, 0) is 37.1 Å². The van der Waals surface area contributed by atoms with Gasteiger partial charge in [-0.15, -0.1) is 11.8 Å². The summed E-state index contributed by atoms with van der Waals surface area (Å²) < 4.78 is 13.5. The van der Waals surface area contributed by atoms with Crippen molar-refractivity contribution in [3.63, 3.8) is 0 Å². The third-order valence-electron chi connectivity index (χ3n) is 2.88. The first-order valence-corrected chi connectivity index (χ1v) is 6.66. The lowest BCUT2D eigenvalue weighted by atomic mass is 10.1. The number of pyridine rings is 1. The van der Waals surface area contributed by atoms with E-state index in [0.717, 1.165) is 22.5 Å². The molecule has 0 unspecified atom stereocenters. The van der Waals surface area contributed by atoms with Crippen LogP contribution in [0.3, 0.4) is 0 Å². The second kappa shape index (κ2) is 5.40. The molecule has 4 heteroatoms. The van der Waals surface area contributed by atoms with E-state index in [9.17, 15) is 4.39 Å². The average molecular weight is 262 g/mol. The molecule has 0 atom stereocenters. The first kappa shape index (κ1) is 12.9. The summed E-state index contributed by atoms with van der Waals surface area (Å²) in [6.07, 6.45) is 1.76. The molecule has 1 aromatic heterocycles. The summed E-state index contributed by atoms with van der Waals surface area (Å²) in [5, 5.41) is 0. The van der Waals surface area contributed by atoms with E-state index in [0.29, 0.717) is 10.6 Å². The maximum atomic E-state index is 13.5. The zero-order chi connectivity index (χ0) is 13.1. The minimum absolute atomic E-state index is 0.194. The minimum Gasteiger partial charge on any atom is -0.398 e. The van der Waals surface area contributed by atoms with E-state index in [4.69, 9.17) is 5.73 Å². The number of benzene rings is 1. The van der Waals surface area contributed by atoms with Crippen LogP contribution < -0.4 is 5.73 Å². The first-order valence-electron chi connectivity index (χ1n) is 5.67. The van der Waals surface area contributed by atoms with Gasteiger partial charge in [0.2, 0.25) is 0 Å². The third kappa shape index (κ3) is 2.64. The van der Waals surface area contributed by atoms with Gasteiger partial charge in [-0.1, -0.05) is 12.1 Å². The van der Waals surface area contributed by atoms with Crippen LogP contribution in [0.2, 0.25) is 0 Å². The van der Waals surface area contributed by atoms with E-state index in [1.807, 2.05) is 19.9 Å². The summed E-state index contributed by atoms with van der Waals surface area (Å²) in [4.78, 5) is 5.00. The molecule has 2 aromatic rings. The molecule has 0 fully saturated rings. The van der Waals surface area contributed by atoms with E-state index in [-0.39, 0.29) is 5.82 Å². The van der Waals surface area contributed by atoms with Crippen LogP contribution in [0.15, 0.2) is 35.4 Å². The molecular formula is C14H15FN2S. The van der Waals surface area contributed by atoms with Crippen LogP contribution in [0.4, 0.5) is 10.1 Å². The molecule has 1 aromatic carbocycles. The van der Waals surface area contributed by atoms with Crippen LogP contribution in [-0.4, -0.2) is 4.98 Å². The number of halogens is 1. The van der Waals surface area contributed by atoms with Gasteiger partial charge < -0.3 is 5.73 Å². The Hall–Kier alpha value is -1.55. The van der Waals surface area contributed by atoms with Crippen molar-refractivity contribution in [3.05, 3.63) is 53.1 Å². The standard InChI is InChI=1S/C14H15FN2S/c1-9-7-17-12(10(2)14(9)16)8-18-13-6-4-3-5-11(13)15/h3-7H,8H2,1-2H3,(H2,16,17). The molecule has 18 heavy (non-hydrogen) atoms. The van der Waals surface area contributed by atoms with Crippen LogP contribution in [0.1, 0.15) is 16.8 Å². The van der Waals surface area contributed by atoms with Gasteiger partial charge in [-0.25, -0.2) is 4.39 Å². The molecule has 0 saturated heterocycles. The number of nitrogens with zero attached hydrogens (tertiary/aromatic N) is 1. The summed E-state index contributed by atoms with van der Waals surface area (Å²) in [5.41, 5.74) is 9.60. The van der Waals surface area contributed by atoms with Gasteiger partial charge in [0.1, 0.15) is 5.82 Å². The zero-order valence-corrected chi connectivity index (χ0v) is 11.2. The van der Waals surface area contributed by atoms with Crippen molar-refractivity contribution in [3.8, 4) is 0 Å². The quantitative estimate of drug-likeness (QED) is 0.857. The number of aromatic nitrogens is 1. The van der Waals surface area contributed by atoms with Gasteiger partial charge in [0.05, 0.1) is 5.69 Å². The minimum atomic E-state index is -0.194. The van der Waals surface area contributed by atoms with Crippen molar-refractivity contribution in [1.82, 2.24) is 4.98 Å². The zero-order valence-electron chi connectivity index (χ0n) is 10.4. The predicted molar refractivity (Wildman–Crippen MR) is 74.1 cm³/mol. The topological polar surface area (TPSA) is 38.9 Å². The highest BCUT2D eigenvalue weighted by Gasteiger charge is 2.08. The number of rotatable bonds is 3. The molecule has 0 bridgehead atoms. The molecule has 2 nitrogen and oxygen atoms in total. The van der Waals surface area contributed by atoms with Gasteiger partial charge in [-0.3, -0.25) is 4.98 Å². The molecule has 0 spiro atoms. The maximum Gasteiger partial charge on any atom is 0.136 e. The third-order valence-corrected chi connectivity index (χ3v) is 3.94. The molecule has 0 aliphatic carbocycles. The van der Waals surface area contributed by atoms with Crippen LogP contribution in [0.5, 0.6) is 0 Å². The summed E-state index contributed by atoms with van der Waals surface area (Å²) in [6.45, 7) is 3.88. The molecule has 0 saturated carbocycles. The maximum absolute atomic E-state index is 13.5. The highest BCUT2D eigenvalue weighted by atomic mass is 32.2. The molecule has 0 amide bonds. The Morgan fingerprint density at radius 1 is 1.28 bits per heavy atom. The number of thioether (sulfide) groups is 1. The van der Waals surface area contributed by atoms with Crippen molar-refractivity contribution in [2.45, 2.75) is 24.5 Å². The second-order valence-corrected chi connectivity index (χ2v) is 5.16. The number of aryl methyl sites for hydroxylation is 1. The predicted octanol–water partition coefficient (Wildman–Crippen LogP) is 3.71. The number of nitrogens with two attached hydrogens (primary N) is 1. The van der Waals surface area contributed by atoms with Crippen molar-refractivity contribution in [2.24, 2.45) is 0 Å². The fourth-order valence-electron chi connectivity index (χ4n) is 1.65. The van der Waals surface area contributed by atoms with E-state index < -0.39 is 0 Å². The van der Waals surface area contributed by atoms with Crippen LogP contribution in [0, 0.1) is 19.7 Å². The normalized spacial score (nSPS) is 10.6. The van der Waals surface area contributed by atoms with E-state index in [1.54, 1.807) is 18.3 Å². The fourth-order valence-corrected chi connectivity index (χ4v) is 2.61. The van der Waals surface area contributed by atoms with Crippen LogP contribution in [0.25, 0.3) is 0 Å². The summed E-state index contributed by atoms with van der Waals surface area (Å²) in [5.74, 6) is 0.428. The van der Waals surface area contributed by atoms with E-state index >= 15 is 0 Å². The van der Waals surface area contributed by atoms with Gasteiger partial charge >= 0.3 is 0 Å². The second-order valence-electron chi connectivity index (χ2n) is 4.15. The molecule has 0 aliphatic rings. The van der Waals surface area contributed by atoms with Gasteiger partial charge in [0.25, 0.3) is 0 Å². The number of nitrogen functional groups attached to an aromatic ring is 1. The van der Waals surface area contributed by atoms with E-state index in [2.05, 4.69) is 4.98 Å². The molecule has 2 N–H and O–H groups in total. The lowest BCUT2D eigenvalue weighted by Gasteiger charge is -2.09. The Morgan fingerprint density at radius 3 is 2.72 bits per heavy atom. The molecule has 2 rings (SSSR count). The molecule has 0 radical (unpaired) electrons. The highest BCUT2D eigenvalue weighted by molar-refractivity contribution is 7.98. The van der Waals surface area contributed by atoms with Gasteiger partial charge in [-0.2, -0.15) is 0 Å². The van der Waals surface area contributed by atoms with Crippen molar-refractivity contribution in [2.75, 3.05) is 5.73 Å². The highest BCUT2D eigenvalue weighted by Crippen LogP contribution is 2.27. The molecular weight excluding hydrogens is 247 g/mol. The largest absolute Gasteiger partial charge is 0.398 e. The molecule has 0 aliphatic heterocycles. The lowest BCUT2D eigenvalue weighted by molar-refractivity contribution is 0.602. The Kier molecular flexibility index (Phi) is 3.87. The summed E-state index contributed by atoms with van der Waals surface area (Å²) in [6, 6.07) is 6.75. The van der Waals surface area contributed by atoms with Crippen molar-refractivity contribution < 1.29 is 4.39 Å². The van der Waals surface area contributed by atoms with E-state index in [1.165, 1.54) is 17.8 Å². The fraction of sp³-hybridized carbons (Fsp3) is 0.214. The lowest BCUT2D eigenvalue weighted by Crippen LogP contribution is -2.00.